The van der Waals surface area contributed by atoms with Gasteiger partial charge in [-0.2, -0.15) is 0 Å². The fraction of sp³-hybridized carbons (Fsp3) is 0. The normalized spacial score (nSPS) is 11.4. The van der Waals surface area contributed by atoms with Gasteiger partial charge in [-0.15, -0.1) is 0 Å². The summed E-state index contributed by atoms with van der Waals surface area (Å²) in [6, 6.07) is 22.6. The predicted molar refractivity (Wildman–Crippen MR) is 104 cm³/mol. The van der Waals surface area contributed by atoms with E-state index in [1.54, 1.807) is 12.3 Å². The highest BCUT2D eigenvalue weighted by molar-refractivity contribution is 6.13. The number of rotatable bonds is 3. The van der Waals surface area contributed by atoms with Crippen LogP contribution in [-0.4, -0.2) is 22.4 Å². The predicted octanol–water partition coefficient (Wildman–Crippen LogP) is 5.15. The number of aromatic hydroxyl groups is 1. The van der Waals surface area contributed by atoms with Crippen LogP contribution in [0.4, 0.5) is 5.69 Å². The Morgan fingerprint density at radius 2 is 1.46 bits per heavy atom. The zero-order valence-electron chi connectivity index (χ0n) is 13.8. The summed E-state index contributed by atoms with van der Waals surface area (Å²) in [5.74, 6) is -1.46. The van der Waals surface area contributed by atoms with E-state index in [9.17, 15) is 9.90 Å². The highest BCUT2D eigenvalue weighted by Gasteiger charge is 2.09. The molecule has 4 aromatic carbocycles. The summed E-state index contributed by atoms with van der Waals surface area (Å²) >= 11 is 0. The lowest BCUT2D eigenvalue weighted by molar-refractivity contribution is 0.0694. The van der Waals surface area contributed by atoms with Crippen LogP contribution in [-0.2, 0) is 0 Å². The Hall–Kier alpha value is -3.66. The molecule has 4 heteroatoms. The molecule has 126 valence electrons. The fourth-order valence-electron chi connectivity index (χ4n) is 3.11. The molecular weight excluding hydrogens is 326 g/mol. The quantitative estimate of drug-likeness (QED) is 0.400. The second-order valence-electron chi connectivity index (χ2n) is 6.00. The molecule has 4 rings (SSSR count). The second kappa shape index (κ2) is 6.33. The molecule has 0 unspecified atom stereocenters. The SMILES string of the molecule is O=C(O)c1ccc(/N=C/c2c3ccccc3cc3ccccc23)cc1O. The lowest BCUT2D eigenvalue weighted by Gasteiger charge is -2.08. The Labute approximate surface area is 149 Å². The van der Waals surface area contributed by atoms with E-state index in [1.807, 2.05) is 36.4 Å². The van der Waals surface area contributed by atoms with Gasteiger partial charge in [0.2, 0.25) is 0 Å². The molecule has 0 spiro atoms. The average Bonchev–Trinajstić information content (AvgIpc) is 2.65. The van der Waals surface area contributed by atoms with Crippen molar-refractivity contribution in [2.45, 2.75) is 0 Å². The molecule has 0 aliphatic rings. The molecule has 0 atom stereocenters. The van der Waals surface area contributed by atoms with Crippen molar-refractivity contribution in [3.05, 3.63) is 83.9 Å². The Morgan fingerprint density at radius 1 is 0.846 bits per heavy atom. The van der Waals surface area contributed by atoms with Crippen LogP contribution in [0, 0.1) is 0 Å². The maximum Gasteiger partial charge on any atom is 0.339 e. The number of hydrogen-bond donors (Lipinski definition) is 2. The number of hydrogen-bond acceptors (Lipinski definition) is 3. The molecule has 26 heavy (non-hydrogen) atoms. The van der Waals surface area contributed by atoms with Crippen LogP contribution in [0.15, 0.2) is 77.8 Å². The monoisotopic (exact) mass is 341 g/mol. The summed E-state index contributed by atoms with van der Waals surface area (Å²) in [4.78, 5) is 15.5. The van der Waals surface area contributed by atoms with Crippen molar-refractivity contribution in [2.24, 2.45) is 4.99 Å². The molecule has 2 N–H and O–H groups in total. The van der Waals surface area contributed by atoms with Crippen LogP contribution < -0.4 is 0 Å². The van der Waals surface area contributed by atoms with Gasteiger partial charge in [0.15, 0.2) is 0 Å². The maximum absolute atomic E-state index is 11.0. The maximum atomic E-state index is 11.0. The minimum atomic E-state index is -1.17. The van der Waals surface area contributed by atoms with Gasteiger partial charge in [0.1, 0.15) is 11.3 Å². The molecule has 0 aliphatic heterocycles. The molecule has 4 aromatic rings. The number of aromatic carboxylic acids is 1. The van der Waals surface area contributed by atoms with E-state index in [2.05, 4.69) is 23.2 Å². The summed E-state index contributed by atoms with van der Waals surface area (Å²) < 4.78 is 0. The van der Waals surface area contributed by atoms with Gasteiger partial charge in [-0.25, -0.2) is 4.79 Å². The van der Waals surface area contributed by atoms with Gasteiger partial charge in [-0.05, 0) is 39.7 Å². The zero-order valence-corrected chi connectivity index (χ0v) is 13.8. The van der Waals surface area contributed by atoms with Gasteiger partial charge in [-0.3, -0.25) is 4.99 Å². The fourth-order valence-corrected chi connectivity index (χ4v) is 3.11. The lowest BCUT2D eigenvalue weighted by Crippen LogP contribution is -1.95. The van der Waals surface area contributed by atoms with E-state index in [0.717, 1.165) is 27.1 Å². The molecule has 0 heterocycles. The third kappa shape index (κ3) is 2.78. The largest absolute Gasteiger partial charge is 0.507 e. The summed E-state index contributed by atoms with van der Waals surface area (Å²) in [6.07, 6.45) is 1.76. The van der Waals surface area contributed by atoms with E-state index < -0.39 is 5.97 Å². The molecule has 0 radical (unpaired) electrons. The van der Waals surface area contributed by atoms with Gasteiger partial charge in [0.05, 0.1) is 5.69 Å². The van der Waals surface area contributed by atoms with Gasteiger partial charge >= 0.3 is 5.97 Å². The minimum Gasteiger partial charge on any atom is -0.507 e. The Bertz CT molecular complexity index is 1120. The molecule has 4 nitrogen and oxygen atoms in total. The third-order valence-electron chi connectivity index (χ3n) is 4.37. The number of fused-ring (bicyclic) bond motifs is 2. The van der Waals surface area contributed by atoms with Crippen LogP contribution in [0.25, 0.3) is 21.5 Å². The smallest absolute Gasteiger partial charge is 0.339 e. The number of nitrogens with zero attached hydrogens (tertiary/aromatic N) is 1. The standard InChI is InChI=1S/C22H15NO3/c24-21-12-16(9-10-19(21)22(25)26)23-13-20-17-7-3-1-5-14(17)11-15-6-2-4-8-18(15)20/h1-13,24H,(H,25,26)/b23-13+. The van der Waals surface area contributed by atoms with Gasteiger partial charge < -0.3 is 10.2 Å². The Balaban J connectivity index is 1.87. The van der Waals surface area contributed by atoms with Crippen molar-refractivity contribution in [2.75, 3.05) is 0 Å². The van der Waals surface area contributed by atoms with E-state index in [4.69, 9.17) is 5.11 Å². The highest BCUT2D eigenvalue weighted by atomic mass is 16.4. The number of carboxylic acids is 1. The molecule has 0 aromatic heterocycles. The summed E-state index contributed by atoms with van der Waals surface area (Å²) in [5.41, 5.74) is 1.34. The number of carbonyl (C=O) groups is 1. The number of benzene rings is 4. The minimum absolute atomic E-state index is 0.139. The number of phenols is 1. The first-order valence-electron chi connectivity index (χ1n) is 8.14. The summed E-state index contributed by atoms with van der Waals surface area (Å²) in [6.45, 7) is 0. The van der Waals surface area contributed by atoms with Crippen molar-refractivity contribution < 1.29 is 15.0 Å². The van der Waals surface area contributed by atoms with Crippen molar-refractivity contribution in [1.82, 2.24) is 0 Å². The third-order valence-corrected chi connectivity index (χ3v) is 4.37. The van der Waals surface area contributed by atoms with Gasteiger partial charge in [0.25, 0.3) is 0 Å². The van der Waals surface area contributed by atoms with Gasteiger partial charge in [0, 0.05) is 17.8 Å². The Morgan fingerprint density at radius 3 is 2.04 bits per heavy atom. The van der Waals surface area contributed by atoms with Crippen LogP contribution in [0.3, 0.4) is 0 Å². The van der Waals surface area contributed by atoms with Crippen LogP contribution in [0.2, 0.25) is 0 Å². The molecule has 0 amide bonds. The molecular formula is C22H15NO3. The second-order valence-corrected chi connectivity index (χ2v) is 6.00. The van der Waals surface area contributed by atoms with Crippen molar-refractivity contribution in [3.8, 4) is 5.75 Å². The highest BCUT2D eigenvalue weighted by Crippen LogP contribution is 2.29. The first-order chi connectivity index (χ1) is 12.6. The molecule has 0 saturated carbocycles. The van der Waals surface area contributed by atoms with E-state index in [0.29, 0.717) is 5.69 Å². The molecule has 0 saturated heterocycles. The number of carboxylic acid groups (broad SMARTS) is 1. The Kier molecular flexibility index (Phi) is 3.86. The topological polar surface area (TPSA) is 69.9 Å². The summed E-state index contributed by atoms with van der Waals surface area (Å²) in [7, 11) is 0. The van der Waals surface area contributed by atoms with E-state index in [1.165, 1.54) is 12.1 Å². The molecule has 0 fully saturated rings. The van der Waals surface area contributed by atoms with E-state index >= 15 is 0 Å². The van der Waals surface area contributed by atoms with Crippen molar-refractivity contribution >= 4 is 39.4 Å². The first kappa shape index (κ1) is 15.8. The van der Waals surface area contributed by atoms with Crippen molar-refractivity contribution in [1.29, 1.82) is 0 Å². The molecule has 0 bridgehead atoms. The van der Waals surface area contributed by atoms with Gasteiger partial charge in [-0.1, -0.05) is 48.5 Å². The van der Waals surface area contributed by atoms with E-state index in [-0.39, 0.29) is 11.3 Å². The van der Waals surface area contributed by atoms with Crippen molar-refractivity contribution in [3.63, 3.8) is 0 Å². The zero-order chi connectivity index (χ0) is 18.1. The van der Waals surface area contributed by atoms with Crippen LogP contribution in [0.1, 0.15) is 15.9 Å². The van der Waals surface area contributed by atoms with Crippen LogP contribution in [0.5, 0.6) is 5.75 Å². The molecule has 0 aliphatic carbocycles. The van der Waals surface area contributed by atoms with Crippen LogP contribution >= 0.6 is 0 Å². The summed E-state index contributed by atoms with van der Waals surface area (Å²) in [5, 5.41) is 23.3. The average molecular weight is 341 g/mol. The lowest BCUT2D eigenvalue weighted by atomic mass is 9.97. The number of aliphatic imine (C=N–C) groups is 1. The first-order valence-corrected chi connectivity index (χ1v) is 8.14.